The van der Waals surface area contributed by atoms with Gasteiger partial charge in [-0.2, -0.15) is 13.2 Å². The summed E-state index contributed by atoms with van der Waals surface area (Å²) in [7, 11) is 0. The third-order valence-corrected chi connectivity index (χ3v) is 2.89. The quantitative estimate of drug-likeness (QED) is 0.764. The number of hydrogen-bond acceptors (Lipinski definition) is 2. The molecule has 0 aromatic rings. The van der Waals surface area contributed by atoms with Crippen LogP contribution < -0.4 is 0 Å². The highest BCUT2D eigenvalue weighted by molar-refractivity contribution is 5.78. The Morgan fingerprint density at radius 3 is 2.12 bits per heavy atom. The third-order valence-electron chi connectivity index (χ3n) is 2.89. The first-order chi connectivity index (χ1) is 7.79. The first kappa shape index (κ1) is 14.3. The minimum atomic E-state index is -4.09. The molecule has 0 aromatic carbocycles. The molecule has 0 spiro atoms. The Bertz CT molecular complexity index is 258. The summed E-state index contributed by atoms with van der Waals surface area (Å²) in [5.41, 5.74) is 0. The van der Waals surface area contributed by atoms with E-state index in [2.05, 4.69) is 0 Å². The van der Waals surface area contributed by atoms with Crippen LogP contribution in [0.2, 0.25) is 0 Å². The fourth-order valence-electron chi connectivity index (χ4n) is 1.84. The van der Waals surface area contributed by atoms with Gasteiger partial charge in [0.2, 0.25) is 5.91 Å². The van der Waals surface area contributed by atoms with Gasteiger partial charge < -0.3 is 4.90 Å². The lowest BCUT2D eigenvalue weighted by atomic mass is 10.1. The molecule has 0 saturated carbocycles. The number of alkyl halides is 3. The number of nitrogens with zero attached hydrogens (tertiary/aromatic N) is 2. The van der Waals surface area contributed by atoms with Gasteiger partial charge in [-0.25, -0.2) is 0 Å². The maximum atomic E-state index is 12.0. The summed E-state index contributed by atoms with van der Waals surface area (Å²) in [6.07, 6.45) is -4.87. The van der Waals surface area contributed by atoms with Gasteiger partial charge in [0.05, 0.1) is 6.42 Å². The maximum absolute atomic E-state index is 12.0. The molecule has 17 heavy (non-hydrogen) atoms. The average Bonchev–Trinajstić information content (AvgIpc) is 2.25. The number of amides is 1. The van der Waals surface area contributed by atoms with Gasteiger partial charge in [-0.1, -0.05) is 13.8 Å². The van der Waals surface area contributed by atoms with Crippen LogP contribution in [0.5, 0.6) is 0 Å². The van der Waals surface area contributed by atoms with Crippen LogP contribution in [-0.2, 0) is 4.79 Å². The first-order valence-electron chi connectivity index (χ1n) is 5.87. The first-order valence-corrected chi connectivity index (χ1v) is 5.87. The summed E-state index contributed by atoms with van der Waals surface area (Å²) < 4.78 is 36.1. The highest BCUT2D eigenvalue weighted by Gasteiger charge is 2.29. The van der Waals surface area contributed by atoms with E-state index in [0.29, 0.717) is 26.2 Å². The van der Waals surface area contributed by atoms with Crippen molar-refractivity contribution >= 4 is 5.91 Å². The smallest absolute Gasteiger partial charge is 0.340 e. The van der Waals surface area contributed by atoms with Crippen molar-refractivity contribution in [3.8, 4) is 0 Å². The minimum Gasteiger partial charge on any atom is -0.340 e. The van der Waals surface area contributed by atoms with Crippen LogP contribution in [0, 0.1) is 5.92 Å². The molecule has 0 unspecified atom stereocenters. The number of carbonyl (C=O) groups excluding carboxylic acids is 1. The fourth-order valence-corrected chi connectivity index (χ4v) is 1.84. The van der Waals surface area contributed by atoms with E-state index >= 15 is 0 Å². The molecule has 0 aliphatic carbocycles. The molecule has 100 valence electrons. The van der Waals surface area contributed by atoms with Gasteiger partial charge in [0.1, 0.15) is 0 Å². The Balaban J connectivity index is 2.29. The van der Waals surface area contributed by atoms with E-state index in [-0.39, 0.29) is 18.4 Å². The van der Waals surface area contributed by atoms with Crippen molar-refractivity contribution < 1.29 is 18.0 Å². The van der Waals surface area contributed by atoms with E-state index in [1.54, 1.807) is 9.80 Å². The molecular weight excluding hydrogens is 233 g/mol. The lowest BCUT2D eigenvalue weighted by molar-refractivity contribution is -0.142. The monoisotopic (exact) mass is 252 g/mol. The number of rotatable bonds is 3. The molecule has 6 heteroatoms. The summed E-state index contributed by atoms with van der Waals surface area (Å²) in [6, 6.07) is 0. The van der Waals surface area contributed by atoms with E-state index < -0.39 is 12.6 Å². The van der Waals surface area contributed by atoms with Crippen LogP contribution in [0.25, 0.3) is 0 Å². The van der Waals surface area contributed by atoms with E-state index in [4.69, 9.17) is 0 Å². The van der Waals surface area contributed by atoms with Crippen LogP contribution in [0.1, 0.15) is 20.3 Å². The van der Waals surface area contributed by atoms with Crippen molar-refractivity contribution in [2.75, 3.05) is 32.7 Å². The van der Waals surface area contributed by atoms with Crippen LogP contribution >= 0.6 is 0 Å². The number of hydrogen-bond donors (Lipinski definition) is 0. The summed E-state index contributed by atoms with van der Waals surface area (Å²) >= 11 is 0. The molecule has 1 fully saturated rings. The highest BCUT2D eigenvalue weighted by Crippen LogP contribution is 2.20. The molecule has 0 radical (unpaired) electrons. The molecule has 1 aliphatic heterocycles. The Kier molecular flexibility index (Phi) is 4.80. The zero-order chi connectivity index (χ0) is 13.1. The average molecular weight is 252 g/mol. The summed E-state index contributed by atoms with van der Waals surface area (Å²) in [4.78, 5) is 15.1. The van der Waals surface area contributed by atoms with Crippen molar-refractivity contribution in [3.05, 3.63) is 0 Å². The molecule has 1 rings (SSSR count). The largest absolute Gasteiger partial charge is 0.390 e. The van der Waals surface area contributed by atoms with E-state index in [0.717, 1.165) is 0 Å². The predicted octanol–water partition coefficient (Wildman–Crippen LogP) is 1.74. The number of piperazine rings is 1. The van der Waals surface area contributed by atoms with Gasteiger partial charge in [-0.15, -0.1) is 0 Å². The van der Waals surface area contributed by atoms with Gasteiger partial charge in [0.25, 0.3) is 0 Å². The lowest BCUT2D eigenvalue weighted by Crippen LogP contribution is -2.50. The second-order valence-electron chi connectivity index (χ2n) is 4.69. The molecule has 1 saturated heterocycles. The van der Waals surface area contributed by atoms with Gasteiger partial charge in [0.15, 0.2) is 0 Å². The Morgan fingerprint density at radius 2 is 1.71 bits per heavy atom. The van der Waals surface area contributed by atoms with Gasteiger partial charge in [-0.3, -0.25) is 9.69 Å². The summed E-state index contributed by atoms with van der Waals surface area (Å²) in [5, 5.41) is 0. The molecule has 1 aliphatic rings. The number of halogens is 3. The Hall–Kier alpha value is -0.780. The van der Waals surface area contributed by atoms with E-state index in [1.807, 2.05) is 13.8 Å². The molecule has 0 N–H and O–H groups in total. The molecule has 0 bridgehead atoms. The van der Waals surface area contributed by atoms with Gasteiger partial charge >= 0.3 is 6.18 Å². The zero-order valence-electron chi connectivity index (χ0n) is 10.3. The predicted molar refractivity (Wildman–Crippen MR) is 58.5 cm³/mol. The second-order valence-corrected chi connectivity index (χ2v) is 4.69. The fraction of sp³-hybridized carbons (Fsp3) is 0.909. The molecular formula is C11H19F3N2O. The van der Waals surface area contributed by atoms with Gasteiger partial charge in [-0.05, 0) is 0 Å². The Morgan fingerprint density at radius 1 is 1.18 bits per heavy atom. The van der Waals surface area contributed by atoms with Gasteiger partial charge in [0, 0.05) is 38.6 Å². The normalized spacial score (nSPS) is 18.8. The number of carbonyl (C=O) groups is 1. The topological polar surface area (TPSA) is 23.6 Å². The molecule has 1 amide bonds. The van der Waals surface area contributed by atoms with Crippen molar-refractivity contribution in [1.29, 1.82) is 0 Å². The Labute approximate surface area is 99.6 Å². The molecule has 1 heterocycles. The molecule has 3 nitrogen and oxygen atoms in total. The van der Waals surface area contributed by atoms with Crippen LogP contribution in [-0.4, -0.2) is 54.6 Å². The van der Waals surface area contributed by atoms with Crippen molar-refractivity contribution in [2.24, 2.45) is 5.92 Å². The molecule has 0 atom stereocenters. The summed E-state index contributed by atoms with van der Waals surface area (Å²) in [5.74, 6) is 0.0391. The maximum Gasteiger partial charge on any atom is 0.390 e. The molecule has 0 aromatic heterocycles. The van der Waals surface area contributed by atoms with Crippen molar-refractivity contribution in [2.45, 2.75) is 26.4 Å². The van der Waals surface area contributed by atoms with Crippen LogP contribution in [0.3, 0.4) is 0 Å². The zero-order valence-corrected chi connectivity index (χ0v) is 10.3. The minimum absolute atomic E-state index is 0.0349. The third kappa shape index (κ3) is 4.93. The summed E-state index contributed by atoms with van der Waals surface area (Å²) in [6.45, 7) is 5.84. The van der Waals surface area contributed by atoms with Crippen LogP contribution in [0.15, 0.2) is 0 Å². The van der Waals surface area contributed by atoms with E-state index in [1.165, 1.54) is 0 Å². The van der Waals surface area contributed by atoms with Crippen molar-refractivity contribution in [1.82, 2.24) is 9.80 Å². The second kappa shape index (κ2) is 5.71. The standard InChI is InChI=1S/C11H19F3N2O/c1-9(2)10(17)16-7-5-15(6-8-16)4-3-11(12,13)14/h9H,3-8H2,1-2H3. The SMILES string of the molecule is CC(C)C(=O)N1CCN(CCC(F)(F)F)CC1. The highest BCUT2D eigenvalue weighted by atomic mass is 19.4. The lowest BCUT2D eigenvalue weighted by Gasteiger charge is -2.35. The van der Waals surface area contributed by atoms with Crippen LogP contribution in [0.4, 0.5) is 13.2 Å². The van der Waals surface area contributed by atoms with E-state index in [9.17, 15) is 18.0 Å². The van der Waals surface area contributed by atoms with Crippen molar-refractivity contribution in [3.63, 3.8) is 0 Å².